The summed E-state index contributed by atoms with van der Waals surface area (Å²) in [5.41, 5.74) is 3.75. The first-order chi connectivity index (χ1) is 11.7. The maximum atomic E-state index is 12.6. The Hall–Kier alpha value is -3.08. The number of carbonyl (C=O) groups is 2. The van der Waals surface area contributed by atoms with E-state index in [0.717, 1.165) is 16.9 Å². The fourth-order valence-electron chi connectivity index (χ4n) is 2.63. The molecule has 0 spiro atoms. The lowest BCUT2D eigenvalue weighted by Gasteiger charge is -2.12. The van der Waals surface area contributed by atoms with E-state index in [1.165, 1.54) is 0 Å². The standard InChI is InChI=1S/C19H19N3O2/c1-2-3-10-20-17-7-5-4-6-15(17)19(24)21-14-8-9-16-13(11-14)12-18(23)22-16/h2-9,11,20H,10,12H2,1H3,(H,21,24)(H,22,23)/b3-2+. The molecular weight excluding hydrogens is 302 g/mol. The summed E-state index contributed by atoms with van der Waals surface area (Å²) in [6.45, 7) is 2.61. The number of nitrogens with one attached hydrogen (secondary N) is 3. The van der Waals surface area contributed by atoms with Crippen molar-refractivity contribution in [1.29, 1.82) is 0 Å². The Balaban J connectivity index is 1.76. The molecule has 0 aromatic heterocycles. The molecule has 0 aliphatic carbocycles. The number of rotatable bonds is 5. The van der Waals surface area contributed by atoms with Crippen LogP contribution in [0.3, 0.4) is 0 Å². The first kappa shape index (κ1) is 15.8. The van der Waals surface area contributed by atoms with Gasteiger partial charge in [0.15, 0.2) is 0 Å². The van der Waals surface area contributed by atoms with Crippen LogP contribution in [0.15, 0.2) is 54.6 Å². The summed E-state index contributed by atoms with van der Waals surface area (Å²) < 4.78 is 0. The maximum absolute atomic E-state index is 12.6. The minimum Gasteiger partial charge on any atom is -0.381 e. The molecule has 0 radical (unpaired) electrons. The van der Waals surface area contributed by atoms with Gasteiger partial charge in [0.25, 0.3) is 5.91 Å². The van der Waals surface area contributed by atoms with E-state index < -0.39 is 0 Å². The summed E-state index contributed by atoms with van der Waals surface area (Å²) in [7, 11) is 0. The van der Waals surface area contributed by atoms with Gasteiger partial charge in [-0.2, -0.15) is 0 Å². The molecule has 0 atom stereocenters. The van der Waals surface area contributed by atoms with Crippen LogP contribution in [0.2, 0.25) is 0 Å². The van der Waals surface area contributed by atoms with E-state index in [1.807, 2.05) is 49.4 Å². The van der Waals surface area contributed by atoms with Crippen LogP contribution in [0.25, 0.3) is 0 Å². The van der Waals surface area contributed by atoms with Crippen molar-refractivity contribution in [3.63, 3.8) is 0 Å². The van der Waals surface area contributed by atoms with Crippen LogP contribution in [-0.4, -0.2) is 18.4 Å². The number of carbonyl (C=O) groups excluding carboxylic acids is 2. The molecular formula is C19H19N3O2. The van der Waals surface area contributed by atoms with Crippen LogP contribution < -0.4 is 16.0 Å². The van der Waals surface area contributed by atoms with Crippen LogP contribution in [0.5, 0.6) is 0 Å². The van der Waals surface area contributed by atoms with Gasteiger partial charge >= 0.3 is 0 Å². The van der Waals surface area contributed by atoms with Crippen LogP contribution in [-0.2, 0) is 11.2 Å². The molecule has 2 aromatic carbocycles. The number of hydrogen-bond acceptors (Lipinski definition) is 3. The lowest BCUT2D eigenvalue weighted by atomic mass is 10.1. The van der Waals surface area contributed by atoms with Crippen molar-refractivity contribution < 1.29 is 9.59 Å². The highest BCUT2D eigenvalue weighted by molar-refractivity contribution is 6.08. The molecule has 2 aromatic rings. The third-order valence-corrected chi connectivity index (χ3v) is 3.81. The van der Waals surface area contributed by atoms with E-state index in [2.05, 4.69) is 16.0 Å². The average Bonchev–Trinajstić information content (AvgIpc) is 2.95. The Bertz CT molecular complexity index is 812. The summed E-state index contributed by atoms with van der Waals surface area (Å²) in [4.78, 5) is 24.0. The number of benzene rings is 2. The minimum atomic E-state index is -0.184. The van der Waals surface area contributed by atoms with E-state index in [9.17, 15) is 9.59 Å². The second kappa shape index (κ2) is 7.00. The van der Waals surface area contributed by atoms with Gasteiger partial charge in [0, 0.05) is 23.6 Å². The number of amides is 2. The Morgan fingerprint density at radius 2 is 2.08 bits per heavy atom. The number of fused-ring (bicyclic) bond motifs is 1. The van der Waals surface area contributed by atoms with E-state index in [-0.39, 0.29) is 11.8 Å². The van der Waals surface area contributed by atoms with Crippen LogP contribution in [0.1, 0.15) is 22.8 Å². The quantitative estimate of drug-likeness (QED) is 0.739. The molecule has 0 saturated heterocycles. The van der Waals surface area contributed by atoms with Crippen molar-refractivity contribution in [2.75, 3.05) is 22.5 Å². The summed E-state index contributed by atoms with van der Waals surface area (Å²) in [5.74, 6) is -0.206. The van der Waals surface area contributed by atoms with Gasteiger partial charge in [-0.15, -0.1) is 0 Å². The summed E-state index contributed by atoms with van der Waals surface area (Å²) in [6.07, 6.45) is 4.29. The average molecular weight is 321 g/mol. The SMILES string of the molecule is C/C=C/CNc1ccccc1C(=O)Nc1ccc2c(c1)CC(=O)N2. The zero-order chi connectivity index (χ0) is 16.9. The van der Waals surface area contributed by atoms with Gasteiger partial charge in [0.2, 0.25) is 5.91 Å². The minimum absolute atomic E-state index is 0.0213. The summed E-state index contributed by atoms with van der Waals surface area (Å²) in [6, 6.07) is 12.8. The third-order valence-electron chi connectivity index (χ3n) is 3.81. The number of allylic oxidation sites excluding steroid dienone is 1. The highest BCUT2D eigenvalue weighted by atomic mass is 16.2. The topological polar surface area (TPSA) is 70.2 Å². The predicted octanol–water partition coefficient (Wildman–Crippen LogP) is 3.42. The van der Waals surface area contributed by atoms with E-state index in [0.29, 0.717) is 24.2 Å². The van der Waals surface area contributed by atoms with Crippen LogP contribution in [0.4, 0.5) is 17.1 Å². The van der Waals surface area contributed by atoms with Gasteiger partial charge < -0.3 is 16.0 Å². The van der Waals surface area contributed by atoms with E-state index in [1.54, 1.807) is 12.1 Å². The zero-order valence-electron chi connectivity index (χ0n) is 13.4. The Morgan fingerprint density at radius 3 is 2.92 bits per heavy atom. The second-order valence-electron chi connectivity index (χ2n) is 5.55. The molecule has 5 nitrogen and oxygen atoms in total. The van der Waals surface area contributed by atoms with Crippen molar-refractivity contribution >= 4 is 28.9 Å². The molecule has 0 fully saturated rings. The van der Waals surface area contributed by atoms with Gasteiger partial charge in [-0.25, -0.2) is 0 Å². The highest BCUT2D eigenvalue weighted by Crippen LogP contribution is 2.26. The Kier molecular flexibility index (Phi) is 4.61. The molecule has 0 saturated carbocycles. The van der Waals surface area contributed by atoms with Gasteiger partial charge in [0.1, 0.15) is 0 Å². The molecule has 0 unspecified atom stereocenters. The van der Waals surface area contributed by atoms with Crippen molar-refractivity contribution in [1.82, 2.24) is 0 Å². The Morgan fingerprint density at radius 1 is 1.25 bits per heavy atom. The first-order valence-electron chi connectivity index (χ1n) is 7.85. The maximum Gasteiger partial charge on any atom is 0.257 e. The van der Waals surface area contributed by atoms with Crippen molar-refractivity contribution in [2.45, 2.75) is 13.3 Å². The largest absolute Gasteiger partial charge is 0.381 e. The zero-order valence-corrected chi connectivity index (χ0v) is 13.4. The normalized spacial score (nSPS) is 12.8. The predicted molar refractivity (Wildman–Crippen MR) is 96.5 cm³/mol. The third kappa shape index (κ3) is 3.46. The molecule has 1 heterocycles. The lowest BCUT2D eigenvalue weighted by Crippen LogP contribution is -2.15. The molecule has 2 amide bonds. The first-order valence-corrected chi connectivity index (χ1v) is 7.85. The molecule has 0 bridgehead atoms. The van der Waals surface area contributed by atoms with Gasteiger partial charge in [0.05, 0.1) is 12.0 Å². The fourth-order valence-corrected chi connectivity index (χ4v) is 2.63. The number of hydrogen-bond donors (Lipinski definition) is 3. The number of anilines is 3. The lowest BCUT2D eigenvalue weighted by molar-refractivity contribution is -0.115. The smallest absolute Gasteiger partial charge is 0.257 e. The molecule has 5 heteroatoms. The summed E-state index contributed by atoms with van der Waals surface area (Å²) in [5, 5.41) is 8.90. The Labute approximate surface area is 140 Å². The molecule has 3 rings (SSSR count). The second-order valence-corrected chi connectivity index (χ2v) is 5.55. The van der Waals surface area contributed by atoms with Crippen molar-refractivity contribution in [3.8, 4) is 0 Å². The summed E-state index contributed by atoms with van der Waals surface area (Å²) >= 11 is 0. The van der Waals surface area contributed by atoms with Gasteiger partial charge in [-0.05, 0) is 42.8 Å². The van der Waals surface area contributed by atoms with Crippen LogP contribution >= 0.6 is 0 Å². The highest BCUT2D eigenvalue weighted by Gasteiger charge is 2.18. The molecule has 1 aliphatic rings. The van der Waals surface area contributed by atoms with Gasteiger partial charge in [-0.3, -0.25) is 9.59 Å². The van der Waals surface area contributed by atoms with Gasteiger partial charge in [-0.1, -0.05) is 24.3 Å². The van der Waals surface area contributed by atoms with E-state index in [4.69, 9.17) is 0 Å². The van der Waals surface area contributed by atoms with Crippen molar-refractivity contribution in [3.05, 3.63) is 65.7 Å². The van der Waals surface area contributed by atoms with E-state index >= 15 is 0 Å². The number of para-hydroxylation sites is 1. The molecule has 3 N–H and O–H groups in total. The van der Waals surface area contributed by atoms with Crippen molar-refractivity contribution in [2.24, 2.45) is 0 Å². The van der Waals surface area contributed by atoms with Crippen LogP contribution in [0, 0.1) is 0 Å². The fraction of sp³-hybridized carbons (Fsp3) is 0.158. The molecule has 24 heavy (non-hydrogen) atoms. The monoisotopic (exact) mass is 321 g/mol. The molecule has 1 aliphatic heterocycles. The molecule has 122 valence electrons.